The van der Waals surface area contributed by atoms with Crippen LogP contribution in [0.1, 0.15) is 0 Å². The average Bonchev–Trinajstić information content (AvgIpc) is 2.56. The Balaban J connectivity index is 1.63. The molecular weight excluding hydrogens is 288 g/mol. The van der Waals surface area contributed by atoms with Crippen LogP contribution in [-0.2, 0) is 19.1 Å². The SMILES string of the molecule is O=C(OCOc1ccccc1)C(=O)OCOc1ccccc1. The van der Waals surface area contributed by atoms with E-state index in [9.17, 15) is 9.59 Å². The van der Waals surface area contributed by atoms with E-state index in [1.54, 1.807) is 48.5 Å². The summed E-state index contributed by atoms with van der Waals surface area (Å²) in [5, 5.41) is 0. The van der Waals surface area contributed by atoms with Crippen molar-refractivity contribution in [2.75, 3.05) is 13.6 Å². The topological polar surface area (TPSA) is 71.1 Å². The van der Waals surface area contributed by atoms with E-state index >= 15 is 0 Å². The minimum absolute atomic E-state index is 0.377. The highest BCUT2D eigenvalue weighted by Crippen LogP contribution is 2.09. The molecule has 0 heterocycles. The highest BCUT2D eigenvalue weighted by molar-refractivity contribution is 6.29. The minimum atomic E-state index is -1.15. The predicted octanol–water partition coefficient (Wildman–Crippen LogP) is 2.15. The summed E-state index contributed by atoms with van der Waals surface area (Å²) in [5.41, 5.74) is 0. The summed E-state index contributed by atoms with van der Waals surface area (Å²) in [4.78, 5) is 22.7. The lowest BCUT2D eigenvalue weighted by Gasteiger charge is -2.08. The highest BCUT2D eigenvalue weighted by atomic mass is 16.7. The summed E-state index contributed by atoms with van der Waals surface area (Å²) in [6.07, 6.45) is 0. The number of carbonyl (C=O) groups is 2. The van der Waals surface area contributed by atoms with Crippen molar-refractivity contribution in [3.05, 3.63) is 60.7 Å². The molecule has 0 saturated heterocycles. The van der Waals surface area contributed by atoms with Crippen LogP contribution in [0.3, 0.4) is 0 Å². The van der Waals surface area contributed by atoms with Crippen LogP contribution in [0.2, 0.25) is 0 Å². The lowest BCUT2D eigenvalue weighted by molar-refractivity contribution is -0.175. The summed E-state index contributed by atoms with van der Waals surface area (Å²) >= 11 is 0. The van der Waals surface area contributed by atoms with Gasteiger partial charge < -0.3 is 18.9 Å². The first-order valence-electron chi connectivity index (χ1n) is 6.45. The molecule has 6 heteroatoms. The second-order valence-electron chi connectivity index (χ2n) is 4.01. The minimum Gasteiger partial charge on any atom is -0.457 e. The van der Waals surface area contributed by atoms with Crippen molar-refractivity contribution in [3.63, 3.8) is 0 Å². The molecule has 2 aromatic rings. The highest BCUT2D eigenvalue weighted by Gasteiger charge is 2.17. The van der Waals surface area contributed by atoms with E-state index < -0.39 is 11.9 Å². The van der Waals surface area contributed by atoms with E-state index in [2.05, 4.69) is 9.47 Å². The number of benzene rings is 2. The largest absolute Gasteiger partial charge is 0.457 e. The average molecular weight is 302 g/mol. The second kappa shape index (κ2) is 8.31. The first-order valence-corrected chi connectivity index (χ1v) is 6.45. The number of hydrogen-bond acceptors (Lipinski definition) is 6. The Bertz CT molecular complexity index is 541. The van der Waals surface area contributed by atoms with E-state index in [0.717, 1.165) is 0 Å². The van der Waals surface area contributed by atoms with Crippen molar-refractivity contribution in [3.8, 4) is 11.5 Å². The van der Waals surface area contributed by atoms with Gasteiger partial charge in [0.05, 0.1) is 0 Å². The van der Waals surface area contributed by atoms with Crippen LogP contribution < -0.4 is 9.47 Å². The molecule has 22 heavy (non-hydrogen) atoms. The standard InChI is InChI=1S/C16H14O6/c17-15(21-11-19-13-7-3-1-4-8-13)16(18)22-12-20-14-9-5-2-6-10-14/h1-10H,11-12H2. The fraction of sp³-hybridized carbons (Fsp3) is 0.125. The monoisotopic (exact) mass is 302 g/mol. The first-order chi connectivity index (χ1) is 10.8. The van der Waals surface area contributed by atoms with Crippen molar-refractivity contribution in [1.29, 1.82) is 0 Å². The van der Waals surface area contributed by atoms with Gasteiger partial charge in [0, 0.05) is 0 Å². The summed E-state index contributed by atoms with van der Waals surface area (Å²) in [6.45, 7) is -0.755. The molecule has 0 bridgehead atoms. The molecule has 0 N–H and O–H groups in total. The van der Waals surface area contributed by atoms with Crippen molar-refractivity contribution in [2.24, 2.45) is 0 Å². The Hall–Kier alpha value is -3.02. The molecule has 2 rings (SSSR count). The van der Waals surface area contributed by atoms with Gasteiger partial charge in [0.15, 0.2) is 0 Å². The van der Waals surface area contributed by atoms with Gasteiger partial charge in [-0.05, 0) is 24.3 Å². The molecule has 0 fully saturated rings. The van der Waals surface area contributed by atoms with Gasteiger partial charge in [-0.1, -0.05) is 36.4 Å². The van der Waals surface area contributed by atoms with Crippen LogP contribution in [0.5, 0.6) is 11.5 Å². The molecule has 0 amide bonds. The zero-order valence-corrected chi connectivity index (χ0v) is 11.6. The third kappa shape index (κ3) is 5.16. The summed E-state index contributed by atoms with van der Waals surface area (Å²) in [6, 6.07) is 17.5. The van der Waals surface area contributed by atoms with E-state index in [0.29, 0.717) is 11.5 Å². The maximum atomic E-state index is 11.3. The van der Waals surface area contributed by atoms with Gasteiger partial charge >= 0.3 is 11.9 Å². The predicted molar refractivity (Wildman–Crippen MR) is 76.1 cm³/mol. The van der Waals surface area contributed by atoms with Gasteiger partial charge in [0.2, 0.25) is 13.6 Å². The summed E-state index contributed by atoms with van der Waals surface area (Å²) in [5.74, 6) is -1.24. The molecule has 0 atom stereocenters. The zero-order valence-electron chi connectivity index (χ0n) is 11.6. The number of ether oxygens (including phenoxy) is 4. The van der Waals surface area contributed by atoms with E-state index in [-0.39, 0.29) is 13.6 Å². The van der Waals surface area contributed by atoms with Crippen LogP contribution in [-0.4, -0.2) is 25.5 Å². The van der Waals surface area contributed by atoms with E-state index in [1.165, 1.54) is 0 Å². The molecule has 2 aromatic carbocycles. The molecule has 0 aliphatic rings. The van der Waals surface area contributed by atoms with Crippen LogP contribution in [0.4, 0.5) is 0 Å². The number of esters is 2. The third-order valence-electron chi connectivity index (χ3n) is 2.48. The smallest absolute Gasteiger partial charge is 0.420 e. The fourth-order valence-electron chi connectivity index (χ4n) is 1.45. The molecule has 0 radical (unpaired) electrons. The van der Waals surface area contributed by atoms with E-state index in [4.69, 9.17) is 9.47 Å². The number of hydrogen-bond donors (Lipinski definition) is 0. The molecule has 0 saturated carbocycles. The second-order valence-corrected chi connectivity index (χ2v) is 4.01. The van der Waals surface area contributed by atoms with Crippen molar-refractivity contribution in [1.82, 2.24) is 0 Å². The van der Waals surface area contributed by atoms with Crippen molar-refractivity contribution >= 4 is 11.9 Å². The summed E-state index contributed by atoms with van der Waals surface area (Å²) < 4.78 is 19.5. The van der Waals surface area contributed by atoms with Gasteiger partial charge in [-0.25, -0.2) is 9.59 Å². The molecule has 0 aliphatic carbocycles. The number of para-hydroxylation sites is 2. The number of rotatable bonds is 6. The van der Waals surface area contributed by atoms with E-state index in [1.807, 2.05) is 12.1 Å². The quantitative estimate of drug-likeness (QED) is 0.462. The van der Waals surface area contributed by atoms with Gasteiger partial charge in [-0.15, -0.1) is 0 Å². The summed E-state index contributed by atoms with van der Waals surface area (Å²) in [7, 11) is 0. The Kier molecular flexibility index (Phi) is 5.80. The Morgan fingerprint density at radius 3 is 1.36 bits per heavy atom. The number of carbonyl (C=O) groups excluding carboxylic acids is 2. The Morgan fingerprint density at radius 2 is 1.00 bits per heavy atom. The van der Waals surface area contributed by atoms with Crippen LogP contribution in [0.15, 0.2) is 60.7 Å². The third-order valence-corrected chi connectivity index (χ3v) is 2.48. The Labute approximate surface area is 127 Å². The van der Waals surface area contributed by atoms with Crippen molar-refractivity contribution in [2.45, 2.75) is 0 Å². The molecule has 6 nitrogen and oxygen atoms in total. The zero-order chi connectivity index (χ0) is 15.6. The van der Waals surface area contributed by atoms with Gasteiger partial charge in [-0.3, -0.25) is 0 Å². The van der Waals surface area contributed by atoms with Crippen LogP contribution in [0.25, 0.3) is 0 Å². The maximum Gasteiger partial charge on any atom is 0.420 e. The molecule has 0 aromatic heterocycles. The fourth-order valence-corrected chi connectivity index (χ4v) is 1.45. The lowest BCUT2D eigenvalue weighted by Crippen LogP contribution is -2.24. The van der Waals surface area contributed by atoms with Crippen LogP contribution in [0, 0.1) is 0 Å². The molecular formula is C16H14O6. The van der Waals surface area contributed by atoms with Gasteiger partial charge in [0.1, 0.15) is 11.5 Å². The van der Waals surface area contributed by atoms with Gasteiger partial charge in [0.25, 0.3) is 0 Å². The van der Waals surface area contributed by atoms with Gasteiger partial charge in [-0.2, -0.15) is 0 Å². The lowest BCUT2D eigenvalue weighted by atomic mass is 10.3. The van der Waals surface area contributed by atoms with Crippen LogP contribution >= 0.6 is 0 Å². The molecule has 0 spiro atoms. The Morgan fingerprint density at radius 1 is 0.636 bits per heavy atom. The first kappa shape index (κ1) is 15.4. The van der Waals surface area contributed by atoms with Crippen molar-refractivity contribution < 1.29 is 28.5 Å². The normalized spacial score (nSPS) is 9.64. The maximum absolute atomic E-state index is 11.3. The molecule has 0 unspecified atom stereocenters. The molecule has 0 aliphatic heterocycles. The molecule has 114 valence electrons.